The van der Waals surface area contributed by atoms with Gasteiger partial charge in [-0.3, -0.25) is 14.3 Å². The van der Waals surface area contributed by atoms with Crippen molar-refractivity contribution in [2.75, 3.05) is 5.75 Å². The molecule has 0 bridgehead atoms. The fraction of sp³-hybridized carbons (Fsp3) is 0.333. The van der Waals surface area contributed by atoms with Gasteiger partial charge in [0.05, 0.1) is 17.6 Å². The third-order valence-electron chi connectivity index (χ3n) is 2.83. The number of carboxylic acids is 1. The van der Waals surface area contributed by atoms with E-state index in [1.807, 2.05) is 16.7 Å². The Balaban J connectivity index is 1.98. The monoisotopic (exact) mass is 276 g/mol. The van der Waals surface area contributed by atoms with Crippen LogP contribution in [0.3, 0.4) is 0 Å². The molecule has 0 aromatic carbocycles. The molecule has 1 saturated carbocycles. The highest BCUT2D eigenvalue weighted by Gasteiger charge is 2.31. The van der Waals surface area contributed by atoms with Crippen molar-refractivity contribution in [3.05, 3.63) is 30.4 Å². The molecule has 7 heteroatoms. The molecule has 1 N–H and O–H groups in total. The molecule has 0 amide bonds. The Hall–Kier alpha value is -1.89. The van der Waals surface area contributed by atoms with E-state index in [2.05, 4.69) is 15.2 Å². The van der Waals surface area contributed by atoms with E-state index in [1.165, 1.54) is 11.8 Å². The van der Waals surface area contributed by atoms with E-state index >= 15 is 0 Å². The first kappa shape index (κ1) is 12.2. The summed E-state index contributed by atoms with van der Waals surface area (Å²) in [7, 11) is 0. The van der Waals surface area contributed by atoms with Gasteiger partial charge in [-0.2, -0.15) is 0 Å². The van der Waals surface area contributed by atoms with Crippen LogP contribution in [0.5, 0.6) is 0 Å². The number of hydrogen-bond donors (Lipinski definition) is 1. The zero-order valence-corrected chi connectivity index (χ0v) is 10.9. The SMILES string of the molecule is O=C(O)CSc1nnc(C2CC2)n1-c1cccnc1. The van der Waals surface area contributed by atoms with Crippen molar-refractivity contribution < 1.29 is 9.90 Å². The molecule has 1 aliphatic rings. The van der Waals surface area contributed by atoms with Crippen LogP contribution >= 0.6 is 11.8 Å². The molecule has 0 saturated heterocycles. The van der Waals surface area contributed by atoms with Gasteiger partial charge in [0, 0.05) is 12.1 Å². The lowest BCUT2D eigenvalue weighted by Gasteiger charge is -2.08. The van der Waals surface area contributed by atoms with Crippen LogP contribution in [-0.4, -0.2) is 36.6 Å². The number of aromatic nitrogens is 4. The highest BCUT2D eigenvalue weighted by atomic mass is 32.2. The predicted molar refractivity (Wildman–Crippen MR) is 69.5 cm³/mol. The van der Waals surface area contributed by atoms with Crippen molar-refractivity contribution in [2.45, 2.75) is 23.9 Å². The number of carboxylic acid groups (broad SMARTS) is 1. The number of carbonyl (C=O) groups is 1. The average Bonchev–Trinajstić information content (AvgIpc) is 3.17. The lowest BCUT2D eigenvalue weighted by atomic mass is 10.3. The van der Waals surface area contributed by atoms with Crippen LogP contribution in [0.15, 0.2) is 29.7 Å². The Morgan fingerprint density at radius 3 is 2.95 bits per heavy atom. The van der Waals surface area contributed by atoms with Gasteiger partial charge in [0.2, 0.25) is 0 Å². The summed E-state index contributed by atoms with van der Waals surface area (Å²) in [5.74, 6) is 0.453. The van der Waals surface area contributed by atoms with Crippen molar-refractivity contribution in [1.82, 2.24) is 19.7 Å². The summed E-state index contributed by atoms with van der Waals surface area (Å²) in [5.41, 5.74) is 0.877. The fourth-order valence-corrected chi connectivity index (χ4v) is 2.51. The second kappa shape index (κ2) is 5.00. The van der Waals surface area contributed by atoms with E-state index in [0.717, 1.165) is 24.4 Å². The molecule has 0 radical (unpaired) electrons. The van der Waals surface area contributed by atoms with E-state index < -0.39 is 5.97 Å². The van der Waals surface area contributed by atoms with E-state index in [0.29, 0.717) is 11.1 Å². The minimum atomic E-state index is -0.862. The maximum Gasteiger partial charge on any atom is 0.313 e. The van der Waals surface area contributed by atoms with E-state index in [1.54, 1.807) is 12.4 Å². The molecular formula is C12H12N4O2S. The number of nitrogens with zero attached hydrogens (tertiary/aromatic N) is 4. The number of rotatable bonds is 5. The molecule has 3 rings (SSSR count). The van der Waals surface area contributed by atoms with Crippen LogP contribution in [0, 0.1) is 0 Å². The van der Waals surface area contributed by atoms with Crippen molar-refractivity contribution in [3.63, 3.8) is 0 Å². The molecular weight excluding hydrogens is 264 g/mol. The molecule has 0 aliphatic heterocycles. The Bertz CT molecular complexity index is 595. The first-order valence-electron chi connectivity index (χ1n) is 5.96. The summed E-state index contributed by atoms with van der Waals surface area (Å²) in [6, 6.07) is 3.77. The molecule has 2 heterocycles. The maximum absolute atomic E-state index is 10.7. The van der Waals surface area contributed by atoms with Gasteiger partial charge < -0.3 is 5.11 Å². The van der Waals surface area contributed by atoms with Crippen molar-refractivity contribution in [1.29, 1.82) is 0 Å². The van der Waals surface area contributed by atoms with Crippen LogP contribution in [0.2, 0.25) is 0 Å². The quantitative estimate of drug-likeness (QED) is 0.837. The summed E-state index contributed by atoms with van der Waals surface area (Å²) in [4.78, 5) is 14.8. The van der Waals surface area contributed by atoms with E-state index in [9.17, 15) is 4.79 Å². The number of thioether (sulfide) groups is 1. The molecule has 0 unspecified atom stereocenters. The smallest absolute Gasteiger partial charge is 0.313 e. The Morgan fingerprint density at radius 2 is 2.32 bits per heavy atom. The van der Waals surface area contributed by atoms with Crippen LogP contribution < -0.4 is 0 Å². The number of pyridine rings is 1. The normalized spacial score (nSPS) is 14.5. The molecule has 0 spiro atoms. The second-order valence-electron chi connectivity index (χ2n) is 4.34. The van der Waals surface area contributed by atoms with Crippen molar-refractivity contribution in [2.24, 2.45) is 0 Å². The molecule has 19 heavy (non-hydrogen) atoms. The fourth-order valence-electron chi connectivity index (χ4n) is 1.84. The van der Waals surface area contributed by atoms with Crippen molar-refractivity contribution >= 4 is 17.7 Å². The third kappa shape index (κ3) is 2.60. The predicted octanol–water partition coefficient (Wildman–Crippen LogP) is 1.72. The zero-order chi connectivity index (χ0) is 13.2. The van der Waals surface area contributed by atoms with E-state index in [-0.39, 0.29) is 5.75 Å². The van der Waals surface area contributed by atoms with Gasteiger partial charge in [0.1, 0.15) is 5.82 Å². The summed E-state index contributed by atoms with van der Waals surface area (Å²) in [6.07, 6.45) is 5.67. The van der Waals surface area contributed by atoms with E-state index in [4.69, 9.17) is 5.11 Å². The Kier molecular flexibility index (Phi) is 3.20. The highest BCUT2D eigenvalue weighted by molar-refractivity contribution is 7.99. The molecule has 1 fully saturated rings. The third-order valence-corrected chi connectivity index (χ3v) is 3.74. The Labute approximate surface area is 113 Å². The topological polar surface area (TPSA) is 80.9 Å². The molecule has 2 aromatic heterocycles. The lowest BCUT2D eigenvalue weighted by molar-refractivity contribution is -0.133. The van der Waals surface area contributed by atoms with Crippen LogP contribution in [0.4, 0.5) is 0 Å². The van der Waals surface area contributed by atoms with Gasteiger partial charge in [-0.05, 0) is 25.0 Å². The minimum absolute atomic E-state index is 0.0247. The Morgan fingerprint density at radius 1 is 1.47 bits per heavy atom. The number of aliphatic carboxylic acids is 1. The summed E-state index contributed by atoms with van der Waals surface area (Å²) < 4.78 is 1.91. The van der Waals surface area contributed by atoms with Gasteiger partial charge >= 0.3 is 5.97 Å². The maximum atomic E-state index is 10.7. The first-order valence-corrected chi connectivity index (χ1v) is 6.94. The zero-order valence-electron chi connectivity index (χ0n) is 10.1. The molecule has 0 atom stereocenters. The lowest BCUT2D eigenvalue weighted by Crippen LogP contribution is -2.04. The molecule has 6 nitrogen and oxygen atoms in total. The van der Waals surface area contributed by atoms with Gasteiger partial charge in [0.25, 0.3) is 0 Å². The highest BCUT2D eigenvalue weighted by Crippen LogP contribution is 2.41. The molecule has 2 aromatic rings. The summed E-state index contributed by atoms with van der Waals surface area (Å²) in [6.45, 7) is 0. The average molecular weight is 276 g/mol. The van der Waals surface area contributed by atoms with Gasteiger partial charge in [-0.25, -0.2) is 0 Å². The first-order chi connectivity index (χ1) is 9.25. The van der Waals surface area contributed by atoms with Gasteiger partial charge in [-0.1, -0.05) is 11.8 Å². The van der Waals surface area contributed by atoms with Gasteiger partial charge in [-0.15, -0.1) is 10.2 Å². The summed E-state index contributed by atoms with van der Waals surface area (Å²) >= 11 is 1.18. The van der Waals surface area contributed by atoms with Crippen LogP contribution in [0.1, 0.15) is 24.6 Å². The van der Waals surface area contributed by atoms with Crippen LogP contribution in [-0.2, 0) is 4.79 Å². The standard InChI is InChI=1S/C12H12N4O2S/c17-10(18)7-19-12-15-14-11(8-3-4-8)16(12)9-2-1-5-13-6-9/h1-2,5-6,8H,3-4,7H2,(H,17,18). The second-order valence-corrected chi connectivity index (χ2v) is 5.29. The molecule has 98 valence electrons. The summed E-state index contributed by atoms with van der Waals surface area (Å²) in [5, 5.41) is 17.7. The molecule has 1 aliphatic carbocycles. The van der Waals surface area contributed by atoms with Gasteiger partial charge in [0.15, 0.2) is 5.16 Å². The van der Waals surface area contributed by atoms with Crippen LogP contribution in [0.25, 0.3) is 5.69 Å². The largest absolute Gasteiger partial charge is 0.481 e. The van der Waals surface area contributed by atoms with Crippen molar-refractivity contribution in [3.8, 4) is 5.69 Å². The minimum Gasteiger partial charge on any atom is -0.481 e. The number of hydrogen-bond acceptors (Lipinski definition) is 5.